The molecule has 3 rings (SSSR count). The molecule has 1 aromatic heterocycles. The van der Waals surface area contributed by atoms with Crippen molar-refractivity contribution in [3.63, 3.8) is 0 Å². The minimum atomic E-state index is 0.0119. The summed E-state index contributed by atoms with van der Waals surface area (Å²) in [5.74, 6) is 0.0442. The molecule has 0 saturated carbocycles. The van der Waals surface area contributed by atoms with E-state index in [9.17, 15) is 4.79 Å². The smallest absolute Gasteiger partial charge is 0.261 e. The van der Waals surface area contributed by atoms with Crippen LogP contribution in [0.1, 0.15) is 44.6 Å². The molecule has 1 amide bonds. The molecule has 0 spiro atoms. The number of halogens is 1. The van der Waals surface area contributed by atoms with Gasteiger partial charge in [-0.1, -0.05) is 46.3 Å². The van der Waals surface area contributed by atoms with E-state index >= 15 is 0 Å². The van der Waals surface area contributed by atoms with E-state index in [1.54, 1.807) is 11.3 Å². The number of carbonyl (C=O) groups excluding carboxylic acids is 1. The van der Waals surface area contributed by atoms with E-state index < -0.39 is 0 Å². The molecule has 21 heavy (non-hydrogen) atoms. The SMILES string of the molecule is O=C(NC(CBr)c1ccccc1)c1cc2c(s1)CCCC2. The fourth-order valence-electron chi connectivity index (χ4n) is 2.73. The third-order valence-corrected chi connectivity index (χ3v) is 5.77. The lowest BCUT2D eigenvalue weighted by Gasteiger charge is -2.16. The van der Waals surface area contributed by atoms with E-state index in [2.05, 4.69) is 27.3 Å². The molecule has 0 bridgehead atoms. The van der Waals surface area contributed by atoms with E-state index in [-0.39, 0.29) is 11.9 Å². The largest absolute Gasteiger partial charge is 0.344 e. The van der Waals surface area contributed by atoms with Crippen molar-refractivity contribution in [1.29, 1.82) is 0 Å². The number of hydrogen-bond acceptors (Lipinski definition) is 2. The van der Waals surface area contributed by atoms with Gasteiger partial charge in [-0.25, -0.2) is 0 Å². The fourth-order valence-corrected chi connectivity index (χ4v) is 4.42. The Hall–Kier alpha value is -1.13. The van der Waals surface area contributed by atoms with Gasteiger partial charge in [0.2, 0.25) is 0 Å². The molecule has 4 heteroatoms. The van der Waals surface area contributed by atoms with Crippen LogP contribution in [0, 0.1) is 0 Å². The number of hydrogen-bond donors (Lipinski definition) is 1. The molecular formula is C17H18BrNOS. The van der Waals surface area contributed by atoms with Crippen molar-refractivity contribution in [3.05, 3.63) is 57.3 Å². The normalized spacial score (nSPS) is 15.3. The van der Waals surface area contributed by atoms with Crippen LogP contribution in [0.2, 0.25) is 0 Å². The maximum atomic E-state index is 12.5. The summed E-state index contributed by atoms with van der Waals surface area (Å²) in [5, 5.41) is 3.85. The molecule has 110 valence electrons. The lowest BCUT2D eigenvalue weighted by atomic mass is 9.99. The van der Waals surface area contributed by atoms with Gasteiger partial charge in [0.15, 0.2) is 0 Å². The van der Waals surface area contributed by atoms with Crippen LogP contribution in [0.4, 0.5) is 0 Å². The van der Waals surface area contributed by atoms with Crippen molar-refractivity contribution in [2.75, 3.05) is 5.33 Å². The fraction of sp³-hybridized carbons (Fsp3) is 0.353. The predicted molar refractivity (Wildman–Crippen MR) is 91.4 cm³/mol. The Bertz CT molecular complexity index is 599. The van der Waals surface area contributed by atoms with Gasteiger partial charge in [-0.05, 0) is 42.9 Å². The average Bonchev–Trinajstić information content (AvgIpc) is 2.97. The summed E-state index contributed by atoms with van der Waals surface area (Å²) in [6.07, 6.45) is 4.76. The second-order valence-electron chi connectivity index (χ2n) is 5.36. The van der Waals surface area contributed by atoms with Crippen molar-refractivity contribution in [1.82, 2.24) is 5.32 Å². The molecule has 0 radical (unpaired) electrons. The van der Waals surface area contributed by atoms with Gasteiger partial charge in [-0.2, -0.15) is 0 Å². The number of benzene rings is 1. The maximum Gasteiger partial charge on any atom is 0.261 e. The first kappa shape index (κ1) is 14.8. The minimum Gasteiger partial charge on any atom is -0.344 e. The van der Waals surface area contributed by atoms with Crippen LogP contribution < -0.4 is 5.32 Å². The Morgan fingerprint density at radius 3 is 2.71 bits per heavy atom. The number of amides is 1. The number of alkyl halides is 1. The van der Waals surface area contributed by atoms with E-state index in [0.717, 1.165) is 23.3 Å². The highest BCUT2D eigenvalue weighted by atomic mass is 79.9. The third-order valence-electron chi connectivity index (χ3n) is 3.88. The Kier molecular flexibility index (Phi) is 4.76. The number of carbonyl (C=O) groups is 1. The number of rotatable bonds is 4. The average molecular weight is 364 g/mol. The number of aryl methyl sites for hydroxylation is 2. The zero-order valence-corrected chi connectivity index (χ0v) is 14.2. The molecule has 1 heterocycles. The van der Waals surface area contributed by atoms with Gasteiger partial charge in [0, 0.05) is 10.2 Å². The van der Waals surface area contributed by atoms with Crippen LogP contribution >= 0.6 is 27.3 Å². The van der Waals surface area contributed by atoms with E-state index in [1.807, 2.05) is 30.3 Å². The minimum absolute atomic E-state index is 0.0119. The molecule has 1 aromatic carbocycles. The number of nitrogens with one attached hydrogen (secondary N) is 1. The molecule has 1 unspecified atom stereocenters. The molecule has 1 aliphatic carbocycles. The first-order chi connectivity index (χ1) is 10.3. The highest BCUT2D eigenvalue weighted by molar-refractivity contribution is 9.09. The lowest BCUT2D eigenvalue weighted by Crippen LogP contribution is -2.28. The highest BCUT2D eigenvalue weighted by Gasteiger charge is 2.19. The molecule has 1 aliphatic rings. The third kappa shape index (κ3) is 3.38. The molecule has 1 atom stereocenters. The van der Waals surface area contributed by atoms with Gasteiger partial charge in [-0.15, -0.1) is 11.3 Å². The summed E-state index contributed by atoms with van der Waals surface area (Å²) in [4.78, 5) is 14.7. The quantitative estimate of drug-likeness (QED) is 0.796. The Labute approximate surface area is 137 Å². The first-order valence-electron chi connectivity index (χ1n) is 7.31. The molecule has 0 aliphatic heterocycles. The van der Waals surface area contributed by atoms with Crippen LogP contribution in [-0.2, 0) is 12.8 Å². The van der Waals surface area contributed by atoms with E-state index in [1.165, 1.54) is 23.3 Å². The summed E-state index contributed by atoms with van der Waals surface area (Å²) >= 11 is 5.16. The molecule has 1 N–H and O–H groups in total. The molecule has 2 aromatic rings. The van der Waals surface area contributed by atoms with E-state index in [0.29, 0.717) is 5.33 Å². The van der Waals surface area contributed by atoms with Gasteiger partial charge >= 0.3 is 0 Å². The zero-order valence-electron chi connectivity index (χ0n) is 11.8. The second kappa shape index (κ2) is 6.75. The Morgan fingerprint density at radius 1 is 1.24 bits per heavy atom. The summed E-state index contributed by atoms with van der Waals surface area (Å²) in [5.41, 5.74) is 2.51. The Balaban J connectivity index is 1.74. The van der Waals surface area contributed by atoms with Crippen molar-refractivity contribution in [2.24, 2.45) is 0 Å². The summed E-state index contributed by atoms with van der Waals surface area (Å²) < 4.78 is 0. The molecule has 0 fully saturated rings. The van der Waals surface area contributed by atoms with Gasteiger partial charge in [0.05, 0.1) is 10.9 Å². The summed E-state index contributed by atoms with van der Waals surface area (Å²) in [6.45, 7) is 0. The van der Waals surface area contributed by atoms with Gasteiger partial charge < -0.3 is 5.32 Å². The predicted octanol–water partition coefficient (Wildman–Crippen LogP) is 4.49. The van der Waals surface area contributed by atoms with Crippen molar-refractivity contribution in [3.8, 4) is 0 Å². The molecule has 2 nitrogen and oxygen atoms in total. The zero-order chi connectivity index (χ0) is 14.7. The standard InChI is InChI=1S/C17H18BrNOS/c18-11-14(12-6-2-1-3-7-12)19-17(20)16-10-13-8-4-5-9-15(13)21-16/h1-3,6-7,10,14H,4-5,8-9,11H2,(H,19,20). The van der Waals surface area contributed by atoms with Crippen LogP contribution in [0.25, 0.3) is 0 Å². The van der Waals surface area contributed by atoms with Crippen molar-refractivity contribution >= 4 is 33.2 Å². The topological polar surface area (TPSA) is 29.1 Å². The van der Waals surface area contributed by atoms with Crippen LogP contribution in [0.15, 0.2) is 36.4 Å². The highest BCUT2D eigenvalue weighted by Crippen LogP contribution is 2.30. The second-order valence-corrected chi connectivity index (χ2v) is 7.14. The van der Waals surface area contributed by atoms with Gasteiger partial charge in [-0.3, -0.25) is 4.79 Å². The van der Waals surface area contributed by atoms with Crippen molar-refractivity contribution in [2.45, 2.75) is 31.7 Å². The summed E-state index contributed by atoms with van der Waals surface area (Å²) in [7, 11) is 0. The molecular weight excluding hydrogens is 346 g/mol. The molecule has 0 saturated heterocycles. The van der Waals surface area contributed by atoms with Crippen molar-refractivity contribution < 1.29 is 4.79 Å². The van der Waals surface area contributed by atoms with Crippen LogP contribution in [-0.4, -0.2) is 11.2 Å². The van der Waals surface area contributed by atoms with E-state index in [4.69, 9.17) is 0 Å². The van der Waals surface area contributed by atoms with Gasteiger partial charge in [0.1, 0.15) is 0 Å². The van der Waals surface area contributed by atoms with Gasteiger partial charge in [0.25, 0.3) is 5.91 Å². The number of thiophene rings is 1. The van der Waals surface area contributed by atoms with Crippen LogP contribution in [0.3, 0.4) is 0 Å². The first-order valence-corrected chi connectivity index (χ1v) is 9.25. The summed E-state index contributed by atoms with van der Waals surface area (Å²) in [6, 6.07) is 12.2. The maximum absolute atomic E-state index is 12.5. The van der Waals surface area contributed by atoms with Crippen LogP contribution in [0.5, 0.6) is 0 Å². The Morgan fingerprint density at radius 2 is 2.00 bits per heavy atom. The number of fused-ring (bicyclic) bond motifs is 1. The lowest BCUT2D eigenvalue weighted by molar-refractivity contribution is 0.0945. The monoisotopic (exact) mass is 363 g/mol.